The zero-order valence-corrected chi connectivity index (χ0v) is 31.2. The fraction of sp³-hybridized carbons (Fsp3) is 1.00. The number of hydrogen-bond acceptors (Lipinski definition) is 13. The van der Waals surface area contributed by atoms with Crippen LogP contribution in [0.15, 0.2) is 0 Å². The number of hydrogen-bond donors (Lipinski definition) is 7. The van der Waals surface area contributed by atoms with Crippen molar-refractivity contribution in [1.29, 1.82) is 0 Å². The van der Waals surface area contributed by atoms with E-state index < -0.39 is 80.4 Å². The highest BCUT2D eigenvalue weighted by atomic mass is 16.8. The van der Waals surface area contributed by atoms with Crippen LogP contribution in [0.4, 0.5) is 0 Å². The molecular formula is C39H64O13. The fourth-order valence-electron chi connectivity index (χ4n) is 13.2. The molecule has 0 radical (unpaired) electrons. The van der Waals surface area contributed by atoms with Gasteiger partial charge < -0.3 is 64.2 Å². The van der Waals surface area contributed by atoms with Gasteiger partial charge in [0.05, 0.1) is 32.0 Å². The van der Waals surface area contributed by atoms with Gasteiger partial charge in [-0.2, -0.15) is 0 Å². The summed E-state index contributed by atoms with van der Waals surface area (Å²) in [5.41, 5.74) is 0.425. The largest absolute Gasteiger partial charge is 0.394 e. The van der Waals surface area contributed by atoms with Gasteiger partial charge in [-0.25, -0.2) is 0 Å². The lowest BCUT2D eigenvalue weighted by Gasteiger charge is -2.61. The molecule has 4 aliphatic heterocycles. The van der Waals surface area contributed by atoms with Crippen molar-refractivity contribution >= 4 is 0 Å². The topological polar surface area (TPSA) is 197 Å². The van der Waals surface area contributed by atoms with Crippen LogP contribution in [-0.4, -0.2) is 135 Å². The zero-order valence-electron chi connectivity index (χ0n) is 31.2. The van der Waals surface area contributed by atoms with Crippen LogP contribution < -0.4 is 0 Å². The van der Waals surface area contributed by atoms with Gasteiger partial charge >= 0.3 is 0 Å². The van der Waals surface area contributed by atoms with E-state index in [0.717, 1.165) is 45.1 Å². The van der Waals surface area contributed by atoms with E-state index in [-0.39, 0.29) is 23.0 Å². The summed E-state index contributed by atoms with van der Waals surface area (Å²) in [7, 11) is 0. The molecule has 0 aromatic heterocycles. The molecule has 7 N–H and O–H groups in total. The first-order valence-electron chi connectivity index (χ1n) is 20.3. The molecule has 52 heavy (non-hydrogen) atoms. The third-order valence-electron chi connectivity index (χ3n) is 16.2. The highest BCUT2D eigenvalue weighted by Crippen LogP contribution is 2.71. The Morgan fingerprint density at radius 2 is 1.37 bits per heavy atom. The smallest absolute Gasteiger partial charge is 0.187 e. The zero-order chi connectivity index (χ0) is 36.9. The maximum atomic E-state index is 11.1. The van der Waals surface area contributed by atoms with Gasteiger partial charge in [-0.1, -0.05) is 27.7 Å². The lowest BCUT2D eigenvalue weighted by Crippen LogP contribution is -2.65. The maximum absolute atomic E-state index is 11.1. The quantitative estimate of drug-likeness (QED) is 0.194. The van der Waals surface area contributed by atoms with Crippen molar-refractivity contribution in [2.24, 2.45) is 52.3 Å². The first-order valence-corrected chi connectivity index (χ1v) is 20.3. The van der Waals surface area contributed by atoms with Crippen LogP contribution in [0.2, 0.25) is 0 Å². The Kier molecular flexibility index (Phi) is 10.4. The molecule has 4 aliphatic carbocycles. The molecule has 0 aromatic rings. The molecule has 4 saturated carbocycles. The van der Waals surface area contributed by atoms with Gasteiger partial charge in [0.15, 0.2) is 18.4 Å². The molecule has 22 atom stereocenters. The molecular weight excluding hydrogens is 676 g/mol. The van der Waals surface area contributed by atoms with Crippen molar-refractivity contribution in [1.82, 2.24) is 0 Å². The fourth-order valence-corrected chi connectivity index (χ4v) is 13.2. The van der Waals surface area contributed by atoms with Crippen molar-refractivity contribution < 1.29 is 64.2 Å². The second-order valence-electron chi connectivity index (χ2n) is 18.7. The second-order valence-corrected chi connectivity index (χ2v) is 18.7. The van der Waals surface area contributed by atoms with Gasteiger partial charge in [0, 0.05) is 12.3 Å². The minimum absolute atomic E-state index is 0.168. The third-order valence-corrected chi connectivity index (χ3v) is 16.2. The SMILES string of the molecule is C[C@H]1CC[C@@]2(OC1)O[C@H]1C[C@H]3[C@@H]4CC[C@@H]5C[C@@H](O[C@@H]6O[C@H](CO)[C@H](O)[C@H](O)[C@H]6O[C@@H]6O[C@H](CO)[C@@H](O)[C@H](O)[C@H]6O)CC[C@]5(C)[C@H]4CC[C@]3(C)[C@H]1[C@@H]2C. The Balaban J connectivity index is 0.942. The van der Waals surface area contributed by atoms with Crippen LogP contribution in [0.5, 0.6) is 0 Å². The van der Waals surface area contributed by atoms with Crippen LogP contribution in [0, 0.1) is 52.3 Å². The van der Waals surface area contributed by atoms with Crippen LogP contribution in [-0.2, 0) is 28.4 Å². The van der Waals surface area contributed by atoms with Crippen molar-refractivity contribution in [2.75, 3.05) is 19.8 Å². The molecule has 298 valence electrons. The Bertz CT molecular complexity index is 1260. The number of rotatable bonds is 6. The van der Waals surface area contributed by atoms with E-state index in [2.05, 4.69) is 27.7 Å². The lowest BCUT2D eigenvalue weighted by atomic mass is 9.44. The summed E-state index contributed by atoms with van der Waals surface area (Å²) in [6.45, 7) is 9.33. The molecule has 4 saturated heterocycles. The average Bonchev–Trinajstić information content (AvgIpc) is 3.58. The molecule has 0 aromatic carbocycles. The van der Waals surface area contributed by atoms with E-state index in [9.17, 15) is 35.7 Å². The molecule has 0 bridgehead atoms. The number of aliphatic hydroxyl groups excluding tert-OH is 7. The number of ether oxygens (including phenoxy) is 6. The predicted octanol–water partition coefficient (Wildman–Crippen LogP) is 1.44. The number of aliphatic hydroxyl groups is 7. The first kappa shape index (κ1) is 38.4. The molecule has 0 unspecified atom stereocenters. The maximum Gasteiger partial charge on any atom is 0.187 e. The molecule has 13 nitrogen and oxygen atoms in total. The third kappa shape index (κ3) is 5.98. The van der Waals surface area contributed by atoms with Crippen LogP contribution in [0.3, 0.4) is 0 Å². The van der Waals surface area contributed by atoms with E-state index in [1.807, 2.05) is 0 Å². The molecule has 4 heterocycles. The van der Waals surface area contributed by atoms with Gasteiger partial charge in [-0.15, -0.1) is 0 Å². The number of fused-ring (bicyclic) bond motifs is 7. The summed E-state index contributed by atoms with van der Waals surface area (Å²) in [5.74, 6) is 3.51. The summed E-state index contributed by atoms with van der Waals surface area (Å²) in [6.07, 6.45) is -3.88. The van der Waals surface area contributed by atoms with E-state index in [1.54, 1.807) is 0 Å². The van der Waals surface area contributed by atoms with Crippen molar-refractivity contribution in [3.8, 4) is 0 Å². The highest BCUT2D eigenvalue weighted by Gasteiger charge is 2.69. The summed E-state index contributed by atoms with van der Waals surface area (Å²) in [5, 5.41) is 72.7. The van der Waals surface area contributed by atoms with Crippen molar-refractivity contribution in [3.05, 3.63) is 0 Å². The summed E-state index contributed by atoms with van der Waals surface area (Å²) >= 11 is 0. The minimum Gasteiger partial charge on any atom is -0.394 e. The van der Waals surface area contributed by atoms with Gasteiger partial charge in [-0.3, -0.25) is 0 Å². The van der Waals surface area contributed by atoms with E-state index in [4.69, 9.17) is 28.4 Å². The van der Waals surface area contributed by atoms with Gasteiger partial charge in [0.25, 0.3) is 0 Å². The predicted molar refractivity (Wildman–Crippen MR) is 183 cm³/mol. The Morgan fingerprint density at radius 1 is 0.673 bits per heavy atom. The van der Waals surface area contributed by atoms with Gasteiger partial charge in [0.1, 0.15) is 48.8 Å². The Morgan fingerprint density at radius 3 is 2.06 bits per heavy atom. The summed E-state index contributed by atoms with van der Waals surface area (Å²) in [4.78, 5) is 0. The molecule has 8 fully saturated rings. The highest BCUT2D eigenvalue weighted by molar-refractivity contribution is 5.15. The van der Waals surface area contributed by atoms with E-state index >= 15 is 0 Å². The van der Waals surface area contributed by atoms with Crippen LogP contribution in [0.1, 0.15) is 91.9 Å². The molecule has 13 heteroatoms. The van der Waals surface area contributed by atoms with E-state index in [0.29, 0.717) is 41.4 Å². The first-order chi connectivity index (χ1) is 24.7. The summed E-state index contributed by atoms with van der Waals surface area (Å²) < 4.78 is 37.5. The van der Waals surface area contributed by atoms with Crippen LogP contribution >= 0.6 is 0 Å². The normalized spacial score (nSPS) is 59.0. The molecule has 0 amide bonds. The van der Waals surface area contributed by atoms with Crippen LogP contribution in [0.25, 0.3) is 0 Å². The van der Waals surface area contributed by atoms with Gasteiger partial charge in [0.2, 0.25) is 0 Å². The van der Waals surface area contributed by atoms with Gasteiger partial charge in [-0.05, 0) is 104 Å². The molecule has 8 aliphatic rings. The average molecular weight is 741 g/mol. The monoisotopic (exact) mass is 740 g/mol. The second kappa shape index (κ2) is 14.1. The minimum atomic E-state index is -1.71. The molecule has 8 rings (SSSR count). The standard InChI is InChI=1S/C39H64O13/c1-18-7-12-39(47-17-18)19(2)28-25(52-39)14-24-22-6-5-20-13-21(8-10-37(20,3)23(22)9-11-38(24,28)4)48-36-34(32(45)30(43)27(16-41)50-36)51-35-33(46)31(44)29(42)26(15-40)49-35/h18-36,40-46H,5-17H2,1-4H3/t18-,19-,20+,21-,22+,23-,24-,25-,26+,27+,28-,29+,30-,31-,32-,33+,34+,35-,36+,37-,38-,39+/m0/s1. The lowest BCUT2D eigenvalue weighted by molar-refractivity contribution is -0.373. The Labute approximate surface area is 307 Å². The molecule has 1 spiro atoms. The van der Waals surface area contributed by atoms with Crippen molar-refractivity contribution in [3.63, 3.8) is 0 Å². The van der Waals surface area contributed by atoms with Crippen molar-refractivity contribution in [2.45, 2.75) is 171 Å². The summed E-state index contributed by atoms with van der Waals surface area (Å²) in [6, 6.07) is 0. The Hall–Kier alpha value is -0.520. The van der Waals surface area contributed by atoms with E-state index in [1.165, 1.54) is 25.7 Å².